The van der Waals surface area contributed by atoms with E-state index in [1.165, 1.54) is 0 Å². The van der Waals surface area contributed by atoms with Crippen LogP contribution < -0.4 is 5.73 Å². The third kappa shape index (κ3) is 3.85. The number of rotatable bonds is 3. The Morgan fingerprint density at radius 1 is 1.29 bits per heavy atom. The van der Waals surface area contributed by atoms with Crippen LogP contribution in [0.3, 0.4) is 0 Å². The Morgan fingerprint density at radius 3 is 2.88 bits per heavy atom. The normalized spacial score (nSPS) is 24.9. The van der Waals surface area contributed by atoms with Gasteiger partial charge in [-0.05, 0) is 49.4 Å². The zero-order valence-electron chi connectivity index (χ0n) is 9.66. The third-order valence-electron chi connectivity index (χ3n) is 3.15. The van der Waals surface area contributed by atoms with Crippen LogP contribution in [0, 0.1) is 0 Å². The molecule has 2 unspecified atom stereocenters. The van der Waals surface area contributed by atoms with E-state index in [0.29, 0.717) is 16.7 Å². The van der Waals surface area contributed by atoms with Gasteiger partial charge in [0.25, 0.3) is 0 Å². The van der Waals surface area contributed by atoms with Crippen molar-refractivity contribution in [3.8, 4) is 0 Å². The van der Waals surface area contributed by atoms with Crippen LogP contribution in [-0.4, -0.2) is 12.1 Å². The molecule has 4 heteroatoms. The maximum atomic E-state index is 6.08. The highest BCUT2D eigenvalue weighted by atomic mass is 35.5. The molecule has 1 aromatic carbocycles. The van der Waals surface area contributed by atoms with Gasteiger partial charge < -0.3 is 10.5 Å². The summed E-state index contributed by atoms with van der Waals surface area (Å²) >= 11 is 12.0. The van der Waals surface area contributed by atoms with Crippen LogP contribution in [0.25, 0.3) is 0 Å². The fraction of sp³-hybridized carbons (Fsp3) is 0.538. The van der Waals surface area contributed by atoms with Crippen LogP contribution in [0.5, 0.6) is 0 Å². The third-order valence-corrected chi connectivity index (χ3v) is 3.75. The lowest BCUT2D eigenvalue weighted by molar-refractivity contribution is 0.0123. The molecule has 2 atom stereocenters. The lowest BCUT2D eigenvalue weighted by atomic mass is 9.93. The summed E-state index contributed by atoms with van der Waals surface area (Å²) in [5.74, 6) is 0. The van der Waals surface area contributed by atoms with Crippen molar-refractivity contribution in [1.29, 1.82) is 0 Å². The second kappa shape index (κ2) is 6.05. The van der Waals surface area contributed by atoms with Crippen molar-refractivity contribution in [3.05, 3.63) is 33.8 Å². The summed E-state index contributed by atoms with van der Waals surface area (Å²) in [5.41, 5.74) is 6.86. The van der Waals surface area contributed by atoms with Gasteiger partial charge in [-0.3, -0.25) is 0 Å². The van der Waals surface area contributed by atoms with Gasteiger partial charge in [-0.15, -0.1) is 0 Å². The molecule has 1 aliphatic rings. The molecule has 2 rings (SSSR count). The zero-order chi connectivity index (χ0) is 12.3. The van der Waals surface area contributed by atoms with Crippen molar-refractivity contribution in [2.75, 3.05) is 0 Å². The van der Waals surface area contributed by atoms with Gasteiger partial charge in [-0.25, -0.2) is 0 Å². The largest absolute Gasteiger partial charge is 0.373 e. The first-order chi connectivity index (χ1) is 8.15. The highest BCUT2D eigenvalue weighted by Gasteiger charge is 2.19. The first-order valence-corrected chi connectivity index (χ1v) is 6.72. The highest BCUT2D eigenvalue weighted by molar-refractivity contribution is 6.33. The van der Waals surface area contributed by atoms with Gasteiger partial charge in [0.15, 0.2) is 0 Å². The Kier molecular flexibility index (Phi) is 4.69. The highest BCUT2D eigenvalue weighted by Crippen LogP contribution is 2.25. The summed E-state index contributed by atoms with van der Waals surface area (Å²) in [5, 5.41) is 1.39. The zero-order valence-corrected chi connectivity index (χ0v) is 11.2. The van der Waals surface area contributed by atoms with Crippen LogP contribution in [0.1, 0.15) is 31.2 Å². The summed E-state index contributed by atoms with van der Waals surface area (Å²) in [6.07, 6.45) is 4.55. The van der Waals surface area contributed by atoms with E-state index in [2.05, 4.69) is 0 Å². The number of hydrogen-bond donors (Lipinski definition) is 1. The molecule has 0 aromatic heterocycles. The molecule has 1 fully saturated rings. The molecule has 0 radical (unpaired) electrons. The number of benzene rings is 1. The van der Waals surface area contributed by atoms with Gasteiger partial charge in [0, 0.05) is 16.1 Å². The fourth-order valence-corrected chi connectivity index (χ4v) is 2.56. The number of nitrogens with two attached hydrogens (primary N) is 1. The van der Waals surface area contributed by atoms with Gasteiger partial charge in [0.1, 0.15) is 0 Å². The Balaban J connectivity index is 1.90. The molecule has 0 heterocycles. The second-order valence-electron chi connectivity index (χ2n) is 4.60. The molecule has 2 N–H and O–H groups in total. The van der Waals surface area contributed by atoms with Crippen molar-refractivity contribution >= 4 is 23.2 Å². The van der Waals surface area contributed by atoms with Gasteiger partial charge in [0.2, 0.25) is 0 Å². The van der Waals surface area contributed by atoms with Gasteiger partial charge >= 0.3 is 0 Å². The van der Waals surface area contributed by atoms with E-state index in [1.54, 1.807) is 12.1 Å². The maximum absolute atomic E-state index is 6.08. The van der Waals surface area contributed by atoms with Crippen LogP contribution in [0.15, 0.2) is 18.2 Å². The molecule has 1 aliphatic carbocycles. The first-order valence-electron chi connectivity index (χ1n) is 5.96. The molecule has 0 aliphatic heterocycles. The van der Waals surface area contributed by atoms with Crippen LogP contribution in [-0.2, 0) is 11.3 Å². The summed E-state index contributed by atoms with van der Waals surface area (Å²) < 4.78 is 5.85. The van der Waals surface area contributed by atoms with E-state index >= 15 is 0 Å². The Hall–Kier alpha value is -0.280. The number of hydrogen-bond acceptors (Lipinski definition) is 2. The summed E-state index contributed by atoms with van der Waals surface area (Å²) in [6.45, 7) is 0.511. The van der Waals surface area contributed by atoms with E-state index in [0.717, 1.165) is 31.2 Å². The fourth-order valence-electron chi connectivity index (χ4n) is 2.19. The van der Waals surface area contributed by atoms with Crippen LogP contribution in [0.4, 0.5) is 0 Å². The molecular weight excluding hydrogens is 257 g/mol. The Morgan fingerprint density at radius 2 is 2.12 bits per heavy atom. The molecule has 17 heavy (non-hydrogen) atoms. The van der Waals surface area contributed by atoms with Gasteiger partial charge in [-0.1, -0.05) is 23.2 Å². The van der Waals surface area contributed by atoms with E-state index in [4.69, 9.17) is 33.7 Å². The Bertz CT molecular complexity index is 384. The lowest BCUT2D eigenvalue weighted by Gasteiger charge is -2.26. The van der Waals surface area contributed by atoms with E-state index < -0.39 is 0 Å². The van der Waals surface area contributed by atoms with Gasteiger partial charge in [-0.2, -0.15) is 0 Å². The summed E-state index contributed by atoms with van der Waals surface area (Å²) in [4.78, 5) is 0. The minimum atomic E-state index is 0.258. The van der Waals surface area contributed by atoms with Crippen molar-refractivity contribution in [3.63, 3.8) is 0 Å². The van der Waals surface area contributed by atoms with Crippen molar-refractivity contribution in [2.24, 2.45) is 5.73 Å². The summed E-state index contributed by atoms with van der Waals surface area (Å²) in [7, 11) is 0. The monoisotopic (exact) mass is 273 g/mol. The molecule has 1 saturated carbocycles. The first kappa shape index (κ1) is 13.2. The van der Waals surface area contributed by atoms with E-state index in [9.17, 15) is 0 Å². The summed E-state index contributed by atoms with van der Waals surface area (Å²) in [6, 6.07) is 5.72. The van der Waals surface area contributed by atoms with Crippen LogP contribution >= 0.6 is 23.2 Å². The molecule has 94 valence electrons. The predicted octanol–water partition coefficient (Wildman–Crippen LogP) is 3.78. The van der Waals surface area contributed by atoms with Crippen molar-refractivity contribution < 1.29 is 4.74 Å². The average molecular weight is 274 g/mol. The topological polar surface area (TPSA) is 35.2 Å². The molecular formula is C13H17Cl2NO. The van der Waals surface area contributed by atoms with Crippen molar-refractivity contribution in [1.82, 2.24) is 0 Å². The number of ether oxygens (including phenoxy) is 1. The Labute approximate surface area is 112 Å². The molecule has 1 aromatic rings. The lowest BCUT2D eigenvalue weighted by Crippen LogP contribution is -2.32. The number of halogens is 2. The van der Waals surface area contributed by atoms with E-state index in [1.807, 2.05) is 6.07 Å². The molecule has 0 spiro atoms. The molecule has 2 nitrogen and oxygen atoms in total. The standard InChI is InChI=1S/C13H17Cl2NO/c14-10-4-5-13(15)9(6-10)8-17-12-3-1-2-11(16)7-12/h4-6,11-12H,1-3,7-8,16H2. The second-order valence-corrected chi connectivity index (χ2v) is 5.44. The van der Waals surface area contributed by atoms with Crippen molar-refractivity contribution in [2.45, 2.75) is 44.4 Å². The minimum absolute atomic E-state index is 0.258. The van der Waals surface area contributed by atoms with Gasteiger partial charge in [0.05, 0.1) is 12.7 Å². The van der Waals surface area contributed by atoms with E-state index in [-0.39, 0.29) is 12.1 Å². The predicted molar refractivity (Wildman–Crippen MR) is 71.5 cm³/mol. The smallest absolute Gasteiger partial charge is 0.0735 e. The quantitative estimate of drug-likeness (QED) is 0.910. The molecule has 0 amide bonds. The maximum Gasteiger partial charge on any atom is 0.0735 e. The minimum Gasteiger partial charge on any atom is -0.373 e. The molecule has 0 saturated heterocycles. The molecule has 0 bridgehead atoms. The SMILES string of the molecule is NC1CCCC(OCc2cc(Cl)ccc2Cl)C1. The average Bonchev–Trinajstić information content (AvgIpc) is 2.30. The van der Waals surface area contributed by atoms with Crippen LogP contribution in [0.2, 0.25) is 10.0 Å².